The molecule has 0 bridgehead atoms. The number of carbonyl (C=O) groups is 1. The first kappa shape index (κ1) is 13.7. The van der Waals surface area contributed by atoms with Crippen LogP contribution in [0.4, 0.5) is 13.2 Å². The van der Waals surface area contributed by atoms with Gasteiger partial charge in [0.1, 0.15) is 5.69 Å². The Morgan fingerprint density at radius 3 is 2.47 bits per heavy atom. The third kappa shape index (κ3) is 3.01. The minimum atomic E-state index is -4.51. The molecule has 0 saturated carbocycles. The fraction of sp³-hybridized carbons (Fsp3) is 0.0769. The van der Waals surface area contributed by atoms with Gasteiger partial charge in [-0.1, -0.05) is 22.0 Å². The number of pyridine rings is 1. The number of halogens is 4. The molecule has 0 spiro atoms. The van der Waals surface area contributed by atoms with Gasteiger partial charge >= 0.3 is 6.18 Å². The van der Waals surface area contributed by atoms with Crippen LogP contribution in [0.2, 0.25) is 0 Å². The van der Waals surface area contributed by atoms with Gasteiger partial charge in [0.25, 0.3) is 0 Å². The molecule has 1 aromatic carbocycles. The Morgan fingerprint density at radius 2 is 1.89 bits per heavy atom. The number of carbonyl (C=O) groups excluding carboxylic acids is 1. The van der Waals surface area contributed by atoms with Crippen molar-refractivity contribution in [2.45, 2.75) is 6.18 Å². The van der Waals surface area contributed by atoms with Gasteiger partial charge in [0, 0.05) is 16.2 Å². The summed E-state index contributed by atoms with van der Waals surface area (Å²) in [5.74, 6) is -0.543. The van der Waals surface area contributed by atoms with Gasteiger partial charge in [-0.25, -0.2) is 0 Å². The molecule has 2 rings (SSSR count). The smallest absolute Gasteiger partial charge is 0.287 e. The van der Waals surface area contributed by atoms with E-state index in [-0.39, 0.29) is 15.7 Å². The zero-order valence-corrected chi connectivity index (χ0v) is 11.0. The maximum atomic E-state index is 12.7. The fourth-order valence-electron chi connectivity index (χ4n) is 1.53. The zero-order chi connectivity index (χ0) is 14.0. The normalized spacial score (nSPS) is 11.4. The lowest BCUT2D eigenvalue weighted by molar-refractivity contribution is -0.138. The minimum absolute atomic E-state index is 0.0470. The molecule has 2 nitrogen and oxygen atoms in total. The summed E-state index contributed by atoms with van der Waals surface area (Å²) >= 11 is 2.82. The van der Waals surface area contributed by atoms with E-state index in [0.29, 0.717) is 0 Å². The Balaban J connectivity index is 2.45. The maximum Gasteiger partial charge on any atom is 0.417 e. The number of nitrogens with zero attached hydrogens (tertiary/aromatic N) is 1. The molecule has 0 aliphatic rings. The van der Waals surface area contributed by atoms with Crippen LogP contribution >= 0.6 is 15.9 Å². The zero-order valence-electron chi connectivity index (χ0n) is 9.41. The van der Waals surface area contributed by atoms with Gasteiger partial charge in [0.05, 0.1) is 5.56 Å². The first-order chi connectivity index (χ1) is 8.89. The molecule has 0 saturated heterocycles. The number of hydrogen-bond acceptors (Lipinski definition) is 2. The average Bonchev–Trinajstić information content (AvgIpc) is 2.38. The van der Waals surface area contributed by atoms with E-state index < -0.39 is 17.5 Å². The quantitative estimate of drug-likeness (QED) is 0.776. The Morgan fingerprint density at radius 1 is 1.16 bits per heavy atom. The number of hydrogen-bond donors (Lipinski definition) is 0. The molecular weight excluding hydrogens is 323 g/mol. The molecule has 0 aliphatic heterocycles. The third-order valence-corrected chi connectivity index (χ3v) is 3.12. The summed E-state index contributed by atoms with van der Waals surface area (Å²) in [6.07, 6.45) is -3.10. The number of rotatable bonds is 2. The van der Waals surface area contributed by atoms with Crippen LogP contribution in [0, 0.1) is 0 Å². The van der Waals surface area contributed by atoms with E-state index in [0.717, 1.165) is 6.07 Å². The predicted octanol–water partition coefficient (Wildman–Crippen LogP) is 4.09. The molecule has 1 aromatic heterocycles. The van der Waals surface area contributed by atoms with Gasteiger partial charge in [0.2, 0.25) is 5.78 Å². The highest BCUT2D eigenvalue weighted by Crippen LogP contribution is 2.35. The molecule has 0 N–H and O–H groups in total. The lowest BCUT2D eigenvalue weighted by Crippen LogP contribution is -2.10. The molecule has 6 heteroatoms. The molecule has 0 unspecified atom stereocenters. The van der Waals surface area contributed by atoms with Crippen molar-refractivity contribution in [2.24, 2.45) is 0 Å². The van der Waals surface area contributed by atoms with Gasteiger partial charge in [-0.05, 0) is 30.3 Å². The van der Waals surface area contributed by atoms with Crippen LogP contribution in [0.25, 0.3) is 0 Å². The highest BCUT2D eigenvalue weighted by atomic mass is 79.9. The fourth-order valence-corrected chi connectivity index (χ4v) is 2.00. The van der Waals surface area contributed by atoms with E-state index in [4.69, 9.17) is 0 Å². The lowest BCUT2D eigenvalue weighted by atomic mass is 10.0. The molecule has 0 fully saturated rings. The van der Waals surface area contributed by atoms with E-state index >= 15 is 0 Å². The monoisotopic (exact) mass is 329 g/mol. The van der Waals surface area contributed by atoms with E-state index in [1.165, 1.54) is 24.4 Å². The van der Waals surface area contributed by atoms with Crippen LogP contribution in [0.1, 0.15) is 21.6 Å². The standard InChI is InChI=1S/C13H7BrF3NO/c14-10-5-4-8(7-9(10)13(15,16)17)12(19)11-3-1-2-6-18-11/h1-7H. The Bertz CT molecular complexity index is 611. The average molecular weight is 330 g/mol. The number of aromatic nitrogens is 1. The number of ketones is 1. The molecular formula is C13H7BrF3NO. The summed E-state index contributed by atoms with van der Waals surface area (Å²) in [5.41, 5.74) is -0.818. The second kappa shape index (κ2) is 5.13. The largest absolute Gasteiger partial charge is 0.417 e. The SMILES string of the molecule is O=C(c1ccc(Br)c(C(F)(F)F)c1)c1ccccn1. The van der Waals surface area contributed by atoms with Crippen LogP contribution in [0.5, 0.6) is 0 Å². The van der Waals surface area contributed by atoms with E-state index in [1.807, 2.05) is 0 Å². The summed E-state index contributed by atoms with van der Waals surface area (Å²) in [4.78, 5) is 15.8. The van der Waals surface area contributed by atoms with E-state index in [2.05, 4.69) is 20.9 Å². The van der Waals surface area contributed by atoms with Gasteiger partial charge in [-0.2, -0.15) is 13.2 Å². The van der Waals surface area contributed by atoms with E-state index in [1.54, 1.807) is 12.1 Å². The molecule has 0 amide bonds. The number of alkyl halides is 3. The van der Waals surface area contributed by atoms with Crippen molar-refractivity contribution in [3.63, 3.8) is 0 Å². The first-order valence-electron chi connectivity index (χ1n) is 5.22. The molecule has 0 aliphatic carbocycles. The summed E-state index contributed by atoms with van der Waals surface area (Å²) < 4.78 is 38.1. The van der Waals surface area contributed by atoms with Crippen molar-refractivity contribution in [1.82, 2.24) is 4.98 Å². The third-order valence-electron chi connectivity index (χ3n) is 2.43. The summed E-state index contributed by atoms with van der Waals surface area (Å²) in [6, 6.07) is 8.04. The van der Waals surface area contributed by atoms with Gasteiger partial charge in [-0.15, -0.1) is 0 Å². The Labute approximate surface area is 115 Å². The van der Waals surface area contributed by atoms with Gasteiger partial charge in [0.15, 0.2) is 0 Å². The molecule has 0 atom stereocenters. The molecule has 98 valence electrons. The van der Waals surface area contributed by atoms with Crippen LogP contribution < -0.4 is 0 Å². The van der Waals surface area contributed by atoms with E-state index in [9.17, 15) is 18.0 Å². The lowest BCUT2D eigenvalue weighted by Gasteiger charge is -2.10. The molecule has 0 radical (unpaired) electrons. The minimum Gasteiger partial charge on any atom is -0.287 e. The molecule has 1 heterocycles. The van der Waals surface area contributed by atoms with Crippen molar-refractivity contribution < 1.29 is 18.0 Å². The molecule has 2 aromatic rings. The number of benzene rings is 1. The van der Waals surface area contributed by atoms with Crippen LogP contribution in [0.15, 0.2) is 47.1 Å². The van der Waals surface area contributed by atoms with Crippen LogP contribution in [-0.2, 0) is 6.18 Å². The maximum absolute atomic E-state index is 12.7. The predicted molar refractivity (Wildman–Crippen MR) is 66.8 cm³/mol. The van der Waals surface area contributed by atoms with Crippen molar-refractivity contribution in [3.8, 4) is 0 Å². The van der Waals surface area contributed by atoms with Crippen molar-refractivity contribution in [1.29, 1.82) is 0 Å². The molecule has 19 heavy (non-hydrogen) atoms. The second-order valence-corrected chi connectivity index (χ2v) is 4.59. The van der Waals surface area contributed by atoms with Crippen molar-refractivity contribution in [2.75, 3.05) is 0 Å². The van der Waals surface area contributed by atoms with Crippen LogP contribution in [-0.4, -0.2) is 10.8 Å². The second-order valence-electron chi connectivity index (χ2n) is 3.74. The Kier molecular flexibility index (Phi) is 3.71. The topological polar surface area (TPSA) is 30.0 Å². The van der Waals surface area contributed by atoms with Crippen molar-refractivity contribution in [3.05, 3.63) is 63.9 Å². The Hall–Kier alpha value is -1.69. The highest BCUT2D eigenvalue weighted by Gasteiger charge is 2.33. The van der Waals surface area contributed by atoms with Gasteiger partial charge < -0.3 is 0 Å². The highest BCUT2D eigenvalue weighted by molar-refractivity contribution is 9.10. The summed E-state index contributed by atoms with van der Waals surface area (Å²) in [6.45, 7) is 0. The van der Waals surface area contributed by atoms with Crippen molar-refractivity contribution >= 4 is 21.7 Å². The van der Waals surface area contributed by atoms with Crippen LogP contribution in [0.3, 0.4) is 0 Å². The van der Waals surface area contributed by atoms with Gasteiger partial charge in [-0.3, -0.25) is 9.78 Å². The first-order valence-corrected chi connectivity index (χ1v) is 6.01. The summed E-state index contributed by atoms with van der Waals surface area (Å²) in [5, 5.41) is 0. The summed E-state index contributed by atoms with van der Waals surface area (Å²) in [7, 11) is 0.